The number of anilines is 3. The zero-order chi connectivity index (χ0) is 26.7. The molecule has 0 saturated carbocycles. The molecule has 2 aromatic rings. The van der Waals surface area contributed by atoms with Gasteiger partial charge in [0.25, 0.3) is 5.91 Å². The molecule has 0 fully saturated rings. The van der Waals surface area contributed by atoms with Gasteiger partial charge in [-0.25, -0.2) is 0 Å². The maximum absolute atomic E-state index is 12.0. The van der Waals surface area contributed by atoms with Crippen LogP contribution in [0.3, 0.4) is 0 Å². The second-order valence-corrected chi connectivity index (χ2v) is 8.33. The van der Waals surface area contributed by atoms with Crippen molar-refractivity contribution in [2.75, 3.05) is 37.9 Å². The van der Waals surface area contributed by atoms with E-state index in [0.29, 0.717) is 6.61 Å². The molecular weight excluding hydrogens is 444 g/mol. The Bertz CT molecular complexity index is 1100. The third-order valence-corrected chi connectivity index (χ3v) is 5.27. The average molecular weight is 487 g/mol. The molecule has 0 bridgehead atoms. The van der Waals surface area contributed by atoms with Gasteiger partial charge in [-0.1, -0.05) is 19.4 Å². The normalized spacial score (nSPS) is 12.8. The number of nitrogens with one attached hydrogen (secondary N) is 2. The number of rotatable bonds is 10. The summed E-state index contributed by atoms with van der Waals surface area (Å²) < 4.78 is 5.10. The summed E-state index contributed by atoms with van der Waals surface area (Å²) in [6.45, 7) is 15.5. The van der Waals surface area contributed by atoms with Crippen molar-refractivity contribution in [2.45, 2.75) is 60.5 Å². The molecule has 0 spiro atoms. The molecular formula is C25H42N8O2. The number of amides is 1. The van der Waals surface area contributed by atoms with Crippen LogP contribution in [0.15, 0.2) is 12.1 Å². The molecule has 1 amide bonds. The Morgan fingerprint density at radius 3 is 2.46 bits per heavy atom. The van der Waals surface area contributed by atoms with Gasteiger partial charge in [0.15, 0.2) is 11.5 Å². The van der Waals surface area contributed by atoms with Crippen LogP contribution in [0.1, 0.15) is 57.6 Å². The fraction of sp³-hybridized carbons (Fsp3) is 0.520. The Hall–Kier alpha value is -3.24. The largest absolute Gasteiger partial charge is 0.383 e. The zero-order valence-corrected chi connectivity index (χ0v) is 22.6. The first-order valence-electron chi connectivity index (χ1n) is 11.9. The van der Waals surface area contributed by atoms with Crippen LogP contribution in [0.5, 0.6) is 0 Å². The van der Waals surface area contributed by atoms with Gasteiger partial charge in [0.1, 0.15) is 0 Å². The van der Waals surface area contributed by atoms with Crippen LogP contribution in [-0.2, 0) is 4.74 Å². The molecule has 194 valence electrons. The number of aryl methyl sites for hydroxylation is 1. The van der Waals surface area contributed by atoms with Crippen LogP contribution >= 0.6 is 0 Å². The number of primary amides is 1. The molecule has 35 heavy (non-hydrogen) atoms. The number of methoxy groups -OCH3 is 1. The Kier molecular flexibility index (Phi) is 12.1. The molecule has 0 unspecified atom stereocenters. The van der Waals surface area contributed by atoms with Gasteiger partial charge in [-0.3, -0.25) is 4.79 Å². The van der Waals surface area contributed by atoms with Crippen molar-refractivity contribution in [1.82, 2.24) is 20.1 Å². The molecule has 2 rings (SSSR count). The Labute approximate surface area is 208 Å². The van der Waals surface area contributed by atoms with E-state index in [-0.39, 0.29) is 29.5 Å². The van der Waals surface area contributed by atoms with Gasteiger partial charge in [0.05, 0.1) is 6.61 Å². The van der Waals surface area contributed by atoms with E-state index in [4.69, 9.17) is 16.2 Å². The minimum atomic E-state index is -0.725. The average Bonchev–Trinajstić information content (AvgIpc) is 2.79. The topological polar surface area (TPSA) is 144 Å². The summed E-state index contributed by atoms with van der Waals surface area (Å²) in [5, 5.41) is 16.5. The first kappa shape index (κ1) is 29.8. The molecule has 0 aliphatic carbocycles. The summed E-state index contributed by atoms with van der Waals surface area (Å²) in [6, 6.07) is 3.55. The van der Waals surface area contributed by atoms with Gasteiger partial charge in [-0.05, 0) is 62.8 Å². The Morgan fingerprint density at radius 2 is 1.91 bits per heavy atom. The van der Waals surface area contributed by atoms with Crippen LogP contribution in [0.2, 0.25) is 0 Å². The maximum atomic E-state index is 12.0. The number of hydrogen-bond donors (Lipinski definition) is 4. The SMILES string of the molecule is CC.CCN(C)/C=c1/cc(Nc2nc(N[C@H](C)[C@@H](N)COC)nnc2C(N)=O)cc(C)c1=C(C)C. The van der Waals surface area contributed by atoms with Crippen molar-refractivity contribution >= 4 is 35.1 Å². The summed E-state index contributed by atoms with van der Waals surface area (Å²) in [5.41, 5.74) is 14.6. The van der Waals surface area contributed by atoms with E-state index in [1.807, 2.05) is 40.0 Å². The van der Waals surface area contributed by atoms with E-state index in [2.05, 4.69) is 64.6 Å². The predicted octanol–water partition coefficient (Wildman–Crippen LogP) is 1.70. The second-order valence-electron chi connectivity index (χ2n) is 8.33. The third kappa shape index (κ3) is 8.48. The molecule has 6 N–H and O–H groups in total. The van der Waals surface area contributed by atoms with E-state index >= 15 is 0 Å². The van der Waals surface area contributed by atoms with Crippen molar-refractivity contribution in [1.29, 1.82) is 0 Å². The van der Waals surface area contributed by atoms with Crippen LogP contribution in [0, 0.1) is 6.92 Å². The van der Waals surface area contributed by atoms with E-state index in [1.54, 1.807) is 7.11 Å². The van der Waals surface area contributed by atoms with E-state index in [1.165, 1.54) is 10.8 Å². The van der Waals surface area contributed by atoms with E-state index in [0.717, 1.165) is 23.0 Å². The molecule has 2 atom stereocenters. The number of ether oxygens (including phenoxy) is 1. The van der Waals surface area contributed by atoms with Crippen LogP contribution < -0.4 is 32.5 Å². The number of nitrogens with two attached hydrogens (primary N) is 2. The van der Waals surface area contributed by atoms with Gasteiger partial charge in [0.2, 0.25) is 5.95 Å². The minimum Gasteiger partial charge on any atom is -0.383 e. The summed E-state index contributed by atoms with van der Waals surface area (Å²) in [4.78, 5) is 18.5. The molecule has 1 aromatic heterocycles. The fourth-order valence-electron chi connectivity index (χ4n) is 3.42. The number of aromatic nitrogens is 3. The standard InChI is InChI=1S/C23H36N8O2.C2H6/c1-8-31(6)11-16-10-17(9-14(4)19(16)13(2)3)27-22-20(21(25)32)29-30-23(28-22)26-15(5)18(24)12-33-7;1-2/h9-11,15,18H,8,12,24H2,1-7H3,(H2,25,32)(H2,26,27,28,30);1-2H3/b16-11-;/t15-,18+;/m1./s1. The number of carbonyl (C=O) groups excluding carboxylic acids is 1. The second kappa shape index (κ2) is 14.2. The lowest BCUT2D eigenvalue weighted by molar-refractivity contribution is 0.0995. The fourth-order valence-corrected chi connectivity index (χ4v) is 3.42. The maximum Gasteiger partial charge on any atom is 0.273 e. The summed E-state index contributed by atoms with van der Waals surface area (Å²) in [5.74, 6) is -0.284. The smallest absolute Gasteiger partial charge is 0.273 e. The number of carbonyl (C=O) groups is 1. The van der Waals surface area contributed by atoms with Crippen LogP contribution in [-0.4, -0.2) is 65.4 Å². The molecule has 0 aliphatic heterocycles. The molecule has 10 nitrogen and oxygen atoms in total. The minimum absolute atomic E-state index is 0.0504. The summed E-state index contributed by atoms with van der Waals surface area (Å²) in [7, 11) is 3.61. The highest BCUT2D eigenvalue weighted by atomic mass is 16.5. The van der Waals surface area contributed by atoms with Crippen LogP contribution in [0.25, 0.3) is 11.8 Å². The highest BCUT2D eigenvalue weighted by Crippen LogP contribution is 2.18. The van der Waals surface area contributed by atoms with Gasteiger partial charge >= 0.3 is 0 Å². The van der Waals surface area contributed by atoms with Crippen molar-refractivity contribution in [3.8, 4) is 0 Å². The summed E-state index contributed by atoms with van der Waals surface area (Å²) in [6.07, 6.45) is 2.10. The lowest BCUT2D eigenvalue weighted by atomic mass is 10.1. The molecule has 0 saturated heterocycles. The monoisotopic (exact) mass is 486 g/mol. The van der Waals surface area contributed by atoms with Gasteiger partial charge in [-0.15, -0.1) is 10.2 Å². The quantitative estimate of drug-likeness (QED) is 0.394. The first-order valence-corrected chi connectivity index (χ1v) is 11.9. The summed E-state index contributed by atoms with van der Waals surface area (Å²) >= 11 is 0. The van der Waals surface area contributed by atoms with Crippen LogP contribution in [0.4, 0.5) is 17.5 Å². The zero-order valence-electron chi connectivity index (χ0n) is 22.6. The molecule has 0 radical (unpaired) electrons. The van der Waals surface area contributed by atoms with Crippen molar-refractivity contribution in [3.05, 3.63) is 33.8 Å². The van der Waals surface area contributed by atoms with Gasteiger partial charge in [-0.2, -0.15) is 4.98 Å². The predicted molar refractivity (Wildman–Crippen MR) is 144 cm³/mol. The molecule has 10 heteroatoms. The highest BCUT2D eigenvalue weighted by molar-refractivity contribution is 5.96. The van der Waals surface area contributed by atoms with Crippen molar-refractivity contribution < 1.29 is 9.53 Å². The Morgan fingerprint density at radius 1 is 1.26 bits per heavy atom. The Balaban J connectivity index is 0.00000298. The number of benzene rings is 1. The third-order valence-electron chi connectivity index (χ3n) is 5.27. The first-order chi connectivity index (χ1) is 16.6. The molecule has 1 aromatic carbocycles. The highest BCUT2D eigenvalue weighted by Gasteiger charge is 2.18. The van der Waals surface area contributed by atoms with Gasteiger partial charge in [0, 0.05) is 44.7 Å². The molecule has 1 heterocycles. The lowest BCUT2D eigenvalue weighted by Crippen LogP contribution is -2.41. The number of hydrogen-bond acceptors (Lipinski definition) is 9. The van der Waals surface area contributed by atoms with Gasteiger partial charge < -0.3 is 31.7 Å². The van der Waals surface area contributed by atoms with Crippen molar-refractivity contribution in [2.24, 2.45) is 11.5 Å². The molecule has 0 aliphatic rings. The van der Waals surface area contributed by atoms with E-state index < -0.39 is 5.91 Å². The van der Waals surface area contributed by atoms with E-state index in [9.17, 15) is 4.79 Å². The lowest BCUT2D eigenvalue weighted by Gasteiger charge is -2.20. The number of nitrogens with zero attached hydrogens (tertiary/aromatic N) is 4. The van der Waals surface area contributed by atoms with Crippen molar-refractivity contribution in [3.63, 3.8) is 0 Å².